The van der Waals surface area contributed by atoms with E-state index in [0.717, 1.165) is 42.1 Å². The fourth-order valence-electron chi connectivity index (χ4n) is 5.45. The highest BCUT2D eigenvalue weighted by atomic mass is 32.1. The number of nitrogens with one attached hydrogen (secondary N) is 1. The largest absolute Gasteiger partial charge is 0.347 e. The van der Waals surface area contributed by atoms with Crippen LogP contribution in [-0.4, -0.2) is 50.6 Å². The van der Waals surface area contributed by atoms with E-state index >= 15 is 0 Å². The Balaban J connectivity index is 1.05. The number of carbonyl (C=O) groups is 2. The second-order valence-corrected chi connectivity index (χ2v) is 10.8. The molecule has 1 aliphatic heterocycles. The molecule has 0 saturated carbocycles. The molecule has 1 fully saturated rings. The van der Waals surface area contributed by atoms with Crippen LogP contribution in [0.15, 0.2) is 66.2 Å². The Morgan fingerprint density at radius 2 is 1.65 bits per heavy atom. The minimum atomic E-state index is -0.0983. The molecule has 1 N–H and O–H groups in total. The summed E-state index contributed by atoms with van der Waals surface area (Å²) in [5.41, 5.74) is 5.56. The SMILES string of the molecule is Cc1c(C(=O)N2CCC(c3nc(C(=O)NC4Cc5ccccc5C4)cs3)CC2)cnn1-c1ccccc1. The number of benzene rings is 2. The van der Waals surface area contributed by atoms with Gasteiger partial charge in [0.05, 0.1) is 28.1 Å². The lowest BCUT2D eigenvalue weighted by Crippen LogP contribution is -2.38. The van der Waals surface area contributed by atoms with Crippen molar-refractivity contribution in [3.63, 3.8) is 0 Å². The number of thiazole rings is 1. The van der Waals surface area contributed by atoms with Crippen molar-refractivity contribution in [1.82, 2.24) is 25.0 Å². The Morgan fingerprint density at radius 1 is 0.973 bits per heavy atom. The summed E-state index contributed by atoms with van der Waals surface area (Å²) in [7, 11) is 0. The molecule has 2 aromatic carbocycles. The van der Waals surface area contributed by atoms with Gasteiger partial charge in [0.25, 0.3) is 11.8 Å². The smallest absolute Gasteiger partial charge is 0.270 e. The van der Waals surface area contributed by atoms with Gasteiger partial charge in [-0.05, 0) is 55.9 Å². The Bertz CT molecular complexity index is 1410. The molecule has 6 rings (SSSR count). The summed E-state index contributed by atoms with van der Waals surface area (Å²) in [6.45, 7) is 3.27. The molecule has 0 bridgehead atoms. The molecule has 2 aromatic heterocycles. The average Bonchev–Trinajstić information content (AvgIpc) is 3.67. The van der Waals surface area contributed by atoms with Crippen LogP contribution in [-0.2, 0) is 12.8 Å². The van der Waals surface area contributed by atoms with Gasteiger partial charge in [-0.1, -0.05) is 42.5 Å². The van der Waals surface area contributed by atoms with Gasteiger partial charge in [-0.2, -0.15) is 5.10 Å². The van der Waals surface area contributed by atoms with Crippen LogP contribution >= 0.6 is 11.3 Å². The Hall–Kier alpha value is -3.78. The molecule has 0 unspecified atom stereocenters. The van der Waals surface area contributed by atoms with E-state index in [0.29, 0.717) is 24.3 Å². The third kappa shape index (κ3) is 4.69. The van der Waals surface area contributed by atoms with Gasteiger partial charge >= 0.3 is 0 Å². The van der Waals surface area contributed by atoms with Crippen molar-refractivity contribution in [1.29, 1.82) is 0 Å². The number of aromatic nitrogens is 3. The predicted molar refractivity (Wildman–Crippen MR) is 143 cm³/mol. The second-order valence-electron chi connectivity index (χ2n) is 9.88. The van der Waals surface area contributed by atoms with E-state index in [-0.39, 0.29) is 23.8 Å². The number of rotatable bonds is 5. The summed E-state index contributed by atoms with van der Waals surface area (Å²) in [6, 6.07) is 18.3. The molecule has 8 heteroatoms. The molecule has 37 heavy (non-hydrogen) atoms. The Kier molecular flexibility index (Phi) is 6.34. The summed E-state index contributed by atoms with van der Waals surface area (Å²) in [4.78, 5) is 32.7. The number of hydrogen-bond acceptors (Lipinski definition) is 5. The lowest BCUT2D eigenvalue weighted by Gasteiger charge is -2.31. The lowest BCUT2D eigenvalue weighted by atomic mass is 9.97. The molecular formula is C29H29N5O2S. The van der Waals surface area contributed by atoms with E-state index in [4.69, 9.17) is 4.98 Å². The minimum Gasteiger partial charge on any atom is -0.347 e. The van der Waals surface area contributed by atoms with Gasteiger partial charge in [0.2, 0.25) is 0 Å². The first kappa shape index (κ1) is 23.6. The minimum absolute atomic E-state index is 0.0231. The molecule has 3 heterocycles. The van der Waals surface area contributed by atoms with Crippen LogP contribution in [0.1, 0.15) is 61.4 Å². The van der Waals surface area contributed by atoms with Crippen molar-refractivity contribution in [3.05, 3.63) is 99.3 Å². The van der Waals surface area contributed by atoms with Crippen molar-refractivity contribution >= 4 is 23.2 Å². The van der Waals surface area contributed by atoms with Crippen molar-refractivity contribution in [3.8, 4) is 5.69 Å². The summed E-state index contributed by atoms with van der Waals surface area (Å²) >= 11 is 1.55. The molecule has 1 saturated heterocycles. The molecule has 7 nitrogen and oxygen atoms in total. The van der Waals surface area contributed by atoms with Crippen LogP contribution in [0.2, 0.25) is 0 Å². The average molecular weight is 512 g/mol. The number of amides is 2. The van der Waals surface area contributed by atoms with Gasteiger partial charge in [0, 0.05) is 30.4 Å². The number of fused-ring (bicyclic) bond motifs is 1. The van der Waals surface area contributed by atoms with E-state index < -0.39 is 0 Å². The standard InChI is InChI=1S/C29H29N5O2S/c1-19-25(17-30-34(19)24-9-3-2-4-10-24)29(36)33-13-11-20(12-14-33)28-32-26(18-37-28)27(35)31-23-15-21-7-5-6-8-22(21)16-23/h2-10,17-18,20,23H,11-16H2,1H3,(H,31,35). The molecule has 0 radical (unpaired) electrons. The quantitative estimate of drug-likeness (QED) is 0.426. The maximum Gasteiger partial charge on any atom is 0.270 e. The summed E-state index contributed by atoms with van der Waals surface area (Å²) in [5, 5.41) is 10.5. The number of carbonyl (C=O) groups excluding carboxylic acids is 2. The molecule has 4 aromatic rings. The zero-order valence-electron chi connectivity index (χ0n) is 20.8. The normalized spacial score (nSPS) is 16.1. The third-order valence-electron chi connectivity index (χ3n) is 7.51. The van der Waals surface area contributed by atoms with Crippen molar-refractivity contribution in [2.45, 2.75) is 44.6 Å². The second kappa shape index (κ2) is 9.94. The first-order valence-corrected chi connectivity index (χ1v) is 13.7. The van der Waals surface area contributed by atoms with Gasteiger partial charge in [0.15, 0.2) is 0 Å². The highest BCUT2D eigenvalue weighted by Gasteiger charge is 2.29. The maximum absolute atomic E-state index is 13.3. The number of nitrogens with zero attached hydrogens (tertiary/aromatic N) is 4. The summed E-state index contributed by atoms with van der Waals surface area (Å²) in [6.07, 6.45) is 5.09. The highest BCUT2D eigenvalue weighted by Crippen LogP contribution is 2.31. The van der Waals surface area contributed by atoms with E-state index in [1.54, 1.807) is 17.5 Å². The molecule has 0 atom stereocenters. The Labute approximate surface area is 220 Å². The van der Waals surface area contributed by atoms with Gasteiger partial charge in [0.1, 0.15) is 5.69 Å². The topological polar surface area (TPSA) is 80.1 Å². The lowest BCUT2D eigenvalue weighted by molar-refractivity contribution is 0.0712. The van der Waals surface area contributed by atoms with E-state index in [1.165, 1.54) is 11.1 Å². The van der Waals surface area contributed by atoms with Gasteiger partial charge in [-0.3, -0.25) is 9.59 Å². The van der Waals surface area contributed by atoms with Gasteiger partial charge in [-0.15, -0.1) is 11.3 Å². The molecule has 1 aliphatic carbocycles. The van der Waals surface area contributed by atoms with Gasteiger partial charge < -0.3 is 10.2 Å². The number of para-hydroxylation sites is 1. The van der Waals surface area contributed by atoms with Crippen LogP contribution in [0, 0.1) is 6.92 Å². The summed E-state index contributed by atoms with van der Waals surface area (Å²) in [5.74, 6) is 0.188. The van der Waals surface area contributed by atoms with Crippen LogP contribution < -0.4 is 5.32 Å². The van der Waals surface area contributed by atoms with E-state index in [1.807, 2.05) is 64.4 Å². The first-order valence-electron chi connectivity index (χ1n) is 12.8. The number of piperidine rings is 1. The van der Waals surface area contributed by atoms with Crippen LogP contribution in [0.4, 0.5) is 0 Å². The van der Waals surface area contributed by atoms with E-state index in [9.17, 15) is 9.59 Å². The van der Waals surface area contributed by atoms with Gasteiger partial charge in [-0.25, -0.2) is 9.67 Å². The molecule has 2 amide bonds. The van der Waals surface area contributed by atoms with E-state index in [2.05, 4.69) is 22.5 Å². The van der Waals surface area contributed by atoms with Crippen molar-refractivity contribution in [2.75, 3.05) is 13.1 Å². The zero-order chi connectivity index (χ0) is 25.4. The van der Waals surface area contributed by atoms with Crippen LogP contribution in [0.3, 0.4) is 0 Å². The maximum atomic E-state index is 13.3. The third-order valence-corrected chi connectivity index (χ3v) is 8.52. The molecule has 188 valence electrons. The summed E-state index contributed by atoms with van der Waals surface area (Å²) < 4.78 is 1.81. The Morgan fingerprint density at radius 3 is 2.35 bits per heavy atom. The molecule has 0 spiro atoms. The molecular weight excluding hydrogens is 482 g/mol. The highest BCUT2D eigenvalue weighted by molar-refractivity contribution is 7.09. The first-order chi connectivity index (χ1) is 18.1. The predicted octanol–water partition coefficient (Wildman–Crippen LogP) is 4.55. The van der Waals surface area contributed by atoms with Crippen molar-refractivity contribution in [2.24, 2.45) is 0 Å². The fraction of sp³-hybridized carbons (Fsp3) is 0.310. The van der Waals surface area contributed by atoms with Crippen molar-refractivity contribution < 1.29 is 9.59 Å². The van der Waals surface area contributed by atoms with Crippen LogP contribution in [0.25, 0.3) is 5.69 Å². The fourth-order valence-corrected chi connectivity index (χ4v) is 6.42. The number of hydrogen-bond donors (Lipinski definition) is 1. The monoisotopic (exact) mass is 511 g/mol. The molecule has 2 aliphatic rings. The zero-order valence-corrected chi connectivity index (χ0v) is 21.6. The van der Waals surface area contributed by atoms with Crippen LogP contribution in [0.5, 0.6) is 0 Å². The number of likely N-dealkylation sites (tertiary alicyclic amines) is 1.